The molecule has 1 amide bonds. The quantitative estimate of drug-likeness (QED) is 0.920. The fourth-order valence-electron chi connectivity index (χ4n) is 1.62. The molecule has 0 radical (unpaired) electrons. The Morgan fingerprint density at radius 1 is 1.47 bits per heavy atom. The Morgan fingerprint density at radius 3 is 2.71 bits per heavy atom. The summed E-state index contributed by atoms with van der Waals surface area (Å²) >= 11 is 11.7. The summed E-state index contributed by atoms with van der Waals surface area (Å²) in [5.41, 5.74) is 0.495. The molecule has 1 N–H and O–H groups in total. The van der Waals surface area contributed by atoms with Crippen molar-refractivity contribution in [2.45, 2.75) is 6.92 Å². The van der Waals surface area contributed by atoms with E-state index in [9.17, 15) is 4.79 Å². The lowest BCUT2D eigenvalue weighted by atomic mass is 9.88. The smallest absolute Gasteiger partial charge is 0.252 e. The Hall–Kier alpha value is -0.770. The second-order valence-electron chi connectivity index (χ2n) is 4.61. The van der Waals surface area contributed by atoms with Gasteiger partial charge in [-0.15, -0.1) is 0 Å². The number of hydrogen-bond acceptors (Lipinski definition) is 2. The number of amides is 1. The fourth-order valence-corrected chi connectivity index (χ4v) is 2.11. The van der Waals surface area contributed by atoms with E-state index in [2.05, 4.69) is 12.2 Å². The number of benzene rings is 1. The normalized spacial score (nSPS) is 17.4. The molecule has 1 saturated heterocycles. The van der Waals surface area contributed by atoms with Crippen LogP contribution in [0, 0.1) is 5.41 Å². The highest BCUT2D eigenvalue weighted by Gasteiger charge is 2.33. The lowest BCUT2D eigenvalue weighted by molar-refractivity contribution is -0.0978. The van der Waals surface area contributed by atoms with Gasteiger partial charge in [0.05, 0.1) is 23.8 Å². The standard InChI is InChI=1S/C12H13Cl2NO2/c1-12(6-17-7-12)5-15-11(16)9-3-2-8(13)4-10(9)14/h2-4H,5-7H2,1H3,(H,15,16). The van der Waals surface area contributed by atoms with Gasteiger partial charge in [-0.1, -0.05) is 30.1 Å². The molecule has 17 heavy (non-hydrogen) atoms. The molecular formula is C12H13Cl2NO2. The summed E-state index contributed by atoms with van der Waals surface area (Å²) in [6.07, 6.45) is 0. The molecule has 5 heteroatoms. The van der Waals surface area contributed by atoms with Gasteiger partial charge in [-0.2, -0.15) is 0 Å². The summed E-state index contributed by atoms with van der Waals surface area (Å²) in [4.78, 5) is 11.9. The number of carbonyl (C=O) groups excluding carboxylic acids is 1. The highest BCUT2D eigenvalue weighted by Crippen LogP contribution is 2.26. The number of carbonyl (C=O) groups is 1. The van der Waals surface area contributed by atoms with Crippen molar-refractivity contribution in [1.82, 2.24) is 5.32 Å². The second kappa shape index (κ2) is 4.84. The minimum atomic E-state index is -0.181. The molecule has 0 spiro atoms. The van der Waals surface area contributed by atoms with Crippen LogP contribution in [0.5, 0.6) is 0 Å². The predicted octanol–water partition coefficient (Wildman–Crippen LogP) is 2.76. The monoisotopic (exact) mass is 273 g/mol. The highest BCUT2D eigenvalue weighted by atomic mass is 35.5. The van der Waals surface area contributed by atoms with Gasteiger partial charge >= 0.3 is 0 Å². The van der Waals surface area contributed by atoms with Crippen molar-refractivity contribution in [3.05, 3.63) is 33.8 Å². The minimum absolute atomic E-state index is 0.0502. The molecule has 1 aromatic carbocycles. The van der Waals surface area contributed by atoms with Crippen molar-refractivity contribution in [2.24, 2.45) is 5.41 Å². The van der Waals surface area contributed by atoms with Crippen LogP contribution in [0.4, 0.5) is 0 Å². The lowest BCUT2D eigenvalue weighted by Gasteiger charge is -2.38. The Balaban J connectivity index is 1.99. The average molecular weight is 274 g/mol. The summed E-state index contributed by atoms with van der Waals surface area (Å²) in [7, 11) is 0. The first-order chi connectivity index (χ1) is 8.00. The molecule has 92 valence electrons. The maximum atomic E-state index is 11.9. The van der Waals surface area contributed by atoms with Crippen LogP contribution in [-0.4, -0.2) is 25.7 Å². The Bertz CT molecular complexity index is 444. The van der Waals surface area contributed by atoms with Gasteiger partial charge in [0.2, 0.25) is 0 Å². The lowest BCUT2D eigenvalue weighted by Crippen LogP contribution is -2.48. The van der Waals surface area contributed by atoms with Crippen LogP contribution >= 0.6 is 23.2 Å². The molecule has 0 saturated carbocycles. The van der Waals surface area contributed by atoms with Crippen molar-refractivity contribution in [3.63, 3.8) is 0 Å². The molecule has 0 unspecified atom stereocenters. The third-order valence-electron chi connectivity index (χ3n) is 2.75. The molecule has 1 fully saturated rings. The van der Waals surface area contributed by atoms with Crippen LogP contribution in [0.25, 0.3) is 0 Å². The minimum Gasteiger partial charge on any atom is -0.380 e. The molecule has 1 aromatic rings. The zero-order valence-electron chi connectivity index (χ0n) is 9.43. The Kier molecular flexibility index (Phi) is 3.61. The first-order valence-corrected chi connectivity index (χ1v) is 6.07. The van der Waals surface area contributed by atoms with Crippen LogP contribution in [0.1, 0.15) is 17.3 Å². The van der Waals surface area contributed by atoms with Gasteiger partial charge in [-0.25, -0.2) is 0 Å². The van der Waals surface area contributed by atoms with E-state index >= 15 is 0 Å². The van der Waals surface area contributed by atoms with E-state index < -0.39 is 0 Å². The summed E-state index contributed by atoms with van der Waals surface area (Å²) in [5.74, 6) is -0.181. The van der Waals surface area contributed by atoms with E-state index in [0.717, 1.165) is 0 Å². The van der Waals surface area contributed by atoms with E-state index in [-0.39, 0.29) is 11.3 Å². The van der Waals surface area contributed by atoms with Crippen molar-refractivity contribution in [1.29, 1.82) is 0 Å². The predicted molar refractivity (Wildman–Crippen MR) is 67.7 cm³/mol. The molecule has 2 rings (SSSR count). The topological polar surface area (TPSA) is 38.3 Å². The van der Waals surface area contributed by atoms with E-state index in [1.54, 1.807) is 18.2 Å². The van der Waals surface area contributed by atoms with Gasteiger partial charge in [0.25, 0.3) is 5.91 Å². The van der Waals surface area contributed by atoms with Gasteiger partial charge in [0.15, 0.2) is 0 Å². The highest BCUT2D eigenvalue weighted by molar-refractivity contribution is 6.36. The van der Waals surface area contributed by atoms with Crippen molar-refractivity contribution in [3.8, 4) is 0 Å². The first-order valence-electron chi connectivity index (χ1n) is 5.31. The first kappa shape index (κ1) is 12.7. The Morgan fingerprint density at radius 2 is 2.18 bits per heavy atom. The largest absolute Gasteiger partial charge is 0.380 e. The van der Waals surface area contributed by atoms with Crippen molar-refractivity contribution in [2.75, 3.05) is 19.8 Å². The van der Waals surface area contributed by atoms with Crippen molar-refractivity contribution < 1.29 is 9.53 Å². The van der Waals surface area contributed by atoms with E-state index in [1.165, 1.54) is 0 Å². The van der Waals surface area contributed by atoms with Gasteiger partial charge in [-0.05, 0) is 18.2 Å². The van der Waals surface area contributed by atoms with Crippen LogP contribution in [-0.2, 0) is 4.74 Å². The summed E-state index contributed by atoms with van der Waals surface area (Å²) in [6.45, 7) is 4.02. The number of rotatable bonds is 3. The van der Waals surface area contributed by atoms with Crippen molar-refractivity contribution >= 4 is 29.1 Å². The number of hydrogen-bond donors (Lipinski definition) is 1. The number of nitrogens with one attached hydrogen (secondary N) is 1. The van der Waals surface area contributed by atoms with E-state index in [0.29, 0.717) is 35.4 Å². The molecular weight excluding hydrogens is 261 g/mol. The third-order valence-corrected chi connectivity index (χ3v) is 3.30. The van der Waals surface area contributed by atoms with Crippen LogP contribution < -0.4 is 5.32 Å². The van der Waals surface area contributed by atoms with Crippen LogP contribution in [0.15, 0.2) is 18.2 Å². The molecule has 1 heterocycles. The summed E-state index contributed by atoms with van der Waals surface area (Å²) < 4.78 is 5.12. The third kappa shape index (κ3) is 2.92. The average Bonchev–Trinajstić information content (AvgIpc) is 2.23. The zero-order valence-corrected chi connectivity index (χ0v) is 10.9. The van der Waals surface area contributed by atoms with E-state index in [1.807, 2.05) is 0 Å². The van der Waals surface area contributed by atoms with E-state index in [4.69, 9.17) is 27.9 Å². The summed E-state index contributed by atoms with van der Waals surface area (Å²) in [5, 5.41) is 3.74. The molecule has 1 aliphatic rings. The number of ether oxygens (including phenoxy) is 1. The van der Waals surface area contributed by atoms with Gasteiger partial charge in [0.1, 0.15) is 0 Å². The fraction of sp³-hybridized carbons (Fsp3) is 0.417. The van der Waals surface area contributed by atoms with Gasteiger partial charge in [-0.3, -0.25) is 4.79 Å². The number of halogens is 2. The van der Waals surface area contributed by atoms with Crippen LogP contribution in [0.2, 0.25) is 10.0 Å². The summed E-state index contributed by atoms with van der Waals surface area (Å²) in [6, 6.07) is 4.84. The molecule has 1 aliphatic heterocycles. The molecule has 0 bridgehead atoms. The molecule has 0 atom stereocenters. The zero-order chi connectivity index (χ0) is 12.5. The van der Waals surface area contributed by atoms with Crippen LogP contribution in [0.3, 0.4) is 0 Å². The molecule has 0 aromatic heterocycles. The van der Waals surface area contributed by atoms with Gasteiger partial charge in [0, 0.05) is 17.0 Å². The SMILES string of the molecule is CC1(CNC(=O)c2ccc(Cl)cc2Cl)COC1. The maximum Gasteiger partial charge on any atom is 0.252 e. The molecule has 0 aliphatic carbocycles. The molecule has 3 nitrogen and oxygen atoms in total. The maximum absolute atomic E-state index is 11.9. The second-order valence-corrected chi connectivity index (χ2v) is 5.45. The Labute approximate surface area is 110 Å². The van der Waals surface area contributed by atoms with Gasteiger partial charge < -0.3 is 10.1 Å².